The fourth-order valence-corrected chi connectivity index (χ4v) is 1.67. The van der Waals surface area contributed by atoms with Gasteiger partial charge in [0, 0.05) is 11.1 Å². The van der Waals surface area contributed by atoms with Crippen LogP contribution in [0.15, 0.2) is 42.5 Å². The van der Waals surface area contributed by atoms with Crippen LogP contribution in [0.5, 0.6) is 0 Å². The fraction of sp³-hybridized carbons (Fsp3) is 0.400. The van der Waals surface area contributed by atoms with Crippen LogP contribution in [0.1, 0.15) is 12.5 Å². The van der Waals surface area contributed by atoms with E-state index < -0.39 is 0 Å². The molecule has 114 valence electrons. The van der Waals surface area contributed by atoms with Gasteiger partial charge in [0.1, 0.15) is 19.7 Å². The average molecular weight is 302 g/mol. The number of carbonyl (C=O) groups is 1. The zero-order chi connectivity index (χ0) is 13.6. The lowest BCUT2D eigenvalue weighted by Gasteiger charge is -2.29. The van der Waals surface area contributed by atoms with Gasteiger partial charge >= 0.3 is 5.97 Å². The minimum Gasteiger partial charge on any atom is -1.00 e. The molecule has 0 saturated heterocycles. The molecule has 1 aromatic rings. The first-order chi connectivity index (χ1) is 8.41. The highest BCUT2D eigenvalue weighted by atomic mass is 35.5. The number of halogens is 1. The molecular formula is C15H24ClNO3. The predicted molar refractivity (Wildman–Crippen MR) is 76.5 cm³/mol. The normalized spacial score (nSPS) is 9.95. The zero-order valence-corrected chi connectivity index (χ0v) is 13.1. The Kier molecular flexibility index (Phi) is 9.98. The third kappa shape index (κ3) is 7.94. The van der Waals surface area contributed by atoms with Gasteiger partial charge in [0.2, 0.25) is 0 Å². The highest BCUT2D eigenvalue weighted by molar-refractivity contribution is 5.86. The summed E-state index contributed by atoms with van der Waals surface area (Å²) in [6, 6.07) is 10.3. The predicted octanol–water partition coefficient (Wildman–Crippen LogP) is -1.44. The molecule has 0 spiro atoms. The van der Waals surface area contributed by atoms with E-state index in [2.05, 4.69) is 32.8 Å². The van der Waals surface area contributed by atoms with Crippen molar-refractivity contribution in [3.8, 4) is 0 Å². The molecule has 5 heteroatoms. The molecule has 0 aliphatic carbocycles. The Hall–Kier alpha value is -1.36. The summed E-state index contributed by atoms with van der Waals surface area (Å²) in [6.45, 7) is 7.35. The van der Waals surface area contributed by atoms with Crippen molar-refractivity contribution in [1.29, 1.82) is 0 Å². The number of hydrogen-bond acceptors (Lipinski definition) is 2. The van der Waals surface area contributed by atoms with Gasteiger partial charge in [-0.2, -0.15) is 0 Å². The molecule has 0 radical (unpaired) electrons. The molecule has 0 bridgehead atoms. The molecule has 0 atom stereocenters. The third-order valence-electron chi connectivity index (χ3n) is 2.73. The van der Waals surface area contributed by atoms with Crippen molar-refractivity contribution in [1.82, 2.24) is 0 Å². The molecule has 0 unspecified atom stereocenters. The summed E-state index contributed by atoms with van der Waals surface area (Å²) in [5.74, 6) is -0.310. The van der Waals surface area contributed by atoms with Gasteiger partial charge in [-0.05, 0) is 6.92 Å². The summed E-state index contributed by atoms with van der Waals surface area (Å²) in [6.07, 6.45) is 0. The Bertz CT molecular complexity index is 418. The Morgan fingerprint density at radius 3 is 2.30 bits per heavy atom. The van der Waals surface area contributed by atoms with Crippen molar-refractivity contribution in [2.45, 2.75) is 13.5 Å². The smallest absolute Gasteiger partial charge is 0.333 e. The molecule has 1 aromatic carbocycles. The average Bonchev–Trinajstić information content (AvgIpc) is 2.29. The number of benzene rings is 1. The highest BCUT2D eigenvalue weighted by Gasteiger charge is 2.16. The van der Waals surface area contributed by atoms with Crippen LogP contribution >= 0.6 is 0 Å². The Morgan fingerprint density at radius 2 is 1.80 bits per heavy atom. The van der Waals surface area contributed by atoms with Gasteiger partial charge in [0.25, 0.3) is 0 Å². The van der Waals surface area contributed by atoms with Gasteiger partial charge in [-0.25, -0.2) is 4.79 Å². The van der Waals surface area contributed by atoms with E-state index in [1.54, 1.807) is 6.92 Å². The molecule has 20 heavy (non-hydrogen) atoms. The highest BCUT2D eigenvalue weighted by Crippen LogP contribution is 2.08. The number of quaternary nitrogens is 1. The van der Waals surface area contributed by atoms with Crippen LogP contribution < -0.4 is 12.4 Å². The molecule has 0 saturated carbocycles. The lowest BCUT2D eigenvalue weighted by atomic mass is 10.2. The topological polar surface area (TPSA) is 57.8 Å². The number of ether oxygens (including phenoxy) is 1. The van der Waals surface area contributed by atoms with Gasteiger partial charge < -0.3 is 27.1 Å². The van der Waals surface area contributed by atoms with Gasteiger partial charge in [-0.1, -0.05) is 36.9 Å². The first-order valence-corrected chi connectivity index (χ1v) is 6.09. The second-order valence-electron chi connectivity index (χ2n) is 5.22. The van der Waals surface area contributed by atoms with Crippen molar-refractivity contribution in [2.75, 3.05) is 27.2 Å². The van der Waals surface area contributed by atoms with Gasteiger partial charge in [-0.15, -0.1) is 0 Å². The number of esters is 1. The fourth-order valence-electron chi connectivity index (χ4n) is 1.67. The third-order valence-corrected chi connectivity index (χ3v) is 2.73. The van der Waals surface area contributed by atoms with E-state index in [9.17, 15) is 4.79 Å². The van der Waals surface area contributed by atoms with Crippen molar-refractivity contribution >= 4 is 5.97 Å². The minimum atomic E-state index is -0.310. The van der Waals surface area contributed by atoms with E-state index in [0.29, 0.717) is 12.2 Å². The van der Waals surface area contributed by atoms with Crippen LogP contribution in [0.4, 0.5) is 0 Å². The van der Waals surface area contributed by atoms with E-state index >= 15 is 0 Å². The second kappa shape index (κ2) is 9.53. The summed E-state index contributed by atoms with van der Waals surface area (Å²) in [5, 5.41) is 0. The number of carbonyl (C=O) groups excluding carboxylic acids is 1. The summed E-state index contributed by atoms with van der Waals surface area (Å²) >= 11 is 0. The number of rotatable bonds is 6. The van der Waals surface area contributed by atoms with E-state index in [1.807, 2.05) is 18.2 Å². The van der Waals surface area contributed by atoms with Gasteiger partial charge in [0.05, 0.1) is 14.1 Å². The molecule has 0 heterocycles. The lowest BCUT2D eigenvalue weighted by Crippen LogP contribution is -3.00. The van der Waals surface area contributed by atoms with Crippen molar-refractivity contribution in [3.63, 3.8) is 0 Å². The van der Waals surface area contributed by atoms with E-state index in [0.717, 1.165) is 17.6 Å². The minimum absolute atomic E-state index is 0. The van der Waals surface area contributed by atoms with E-state index in [1.165, 1.54) is 5.56 Å². The van der Waals surface area contributed by atoms with Crippen LogP contribution in [-0.4, -0.2) is 43.2 Å². The van der Waals surface area contributed by atoms with Crippen LogP contribution in [0.25, 0.3) is 0 Å². The molecule has 2 N–H and O–H groups in total. The summed E-state index contributed by atoms with van der Waals surface area (Å²) < 4.78 is 5.91. The molecule has 0 fully saturated rings. The molecule has 0 amide bonds. The SMILES string of the molecule is C=C(C)C(=O)OCC[N+](C)(C)Cc1ccccc1.O.[Cl-]. The van der Waals surface area contributed by atoms with Gasteiger partial charge in [-0.3, -0.25) is 0 Å². The van der Waals surface area contributed by atoms with Crippen molar-refractivity contribution in [3.05, 3.63) is 48.0 Å². The monoisotopic (exact) mass is 301 g/mol. The van der Waals surface area contributed by atoms with Crippen LogP contribution in [0.2, 0.25) is 0 Å². The first kappa shape index (κ1) is 20.9. The number of likely N-dealkylation sites (N-methyl/N-ethyl adjacent to an activating group) is 1. The number of nitrogens with zero attached hydrogens (tertiary/aromatic N) is 1. The summed E-state index contributed by atoms with van der Waals surface area (Å²) in [7, 11) is 4.25. The quantitative estimate of drug-likeness (QED) is 0.367. The van der Waals surface area contributed by atoms with Crippen molar-refractivity contribution < 1.29 is 31.9 Å². The van der Waals surface area contributed by atoms with Gasteiger partial charge in [0.15, 0.2) is 0 Å². The molecule has 4 nitrogen and oxygen atoms in total. The summed E-state index contributed by atoms with van der Waals surface area (Å²) in [4.78, 5) is 11.3. The summed E-state index contributed by atoms with van der Waals surface area (Å²) in [5.41, 5.74) is 1.73. The largest absolute Gasteiger partial charge is 1.00 e. The maximum Gasteiger partial charge on any atom is 0.333 e. The second-order valence-corrected chi connectivity index (χ2v) is 5.22. The van der Waals surface area contributed by atoms with E-state index in [-0.39, 0.29) is 23.9 Å². The molecule has 1 rings (SSSR count). The molecule has 0 aromatic heterocycles. The lowest BCUT2D eigenvalue weighted by molar-refractivity contribution is -0.903. The van der Waals surface area contributed by atoms with Crippen molar-refractivity contribution in [2.24, 2.45) is 0 Å². The maximum absolute atomic E-state index is 11.3. The maximum atomic E-state index is 11.3. The number of hydrogen-bond donors (Lipinski definition) is 0. The van der Waals surface area contributed by atoms with Crippen LogP contribution in [0, 0.1) is 0 Å². The Balaban J connectivity index is 0. The Labute approximate surface area is 127 Å². The van der Waals surface area contributed by atoms with E-state index in [4.69, 9.17) is 4.74 Å². The Morgan fingerprint density at radius 1 is 1.25 bits per heavy atom. The zero-order valence-electron chi connectivity index (χ0n) is 12.4. The standard InChI is InChI=1S/C15H22NO2.ClH.H2O/c1-13(2)15(17)18-11-10-16(3,4)12-14-8-6-5-7-9-14;;/h5-9H,1,10-12H2,2-4H3;1H;1H2/q+1;;/p-1. The molecule has 0 aliphatic heterocycles. The van der Waals surface area contributed by atoms with Crippen LogP contribution in [0.3, 0.4) is 0 Å². The van der Waals surface area contributed by atoms with Crippen LogP contribution in [-0.2, 0) is 16.1 Å². The molecule has 0 aliphatic rings. The molecular weight excluding hydrogens is 278 g/mol. The first-order valence-electron chi connectivity index (χ1n) is 6.09.